The lowest BCUT2D eigenvalue weighted by molar-refractivity contribution is 0.603. The Bertz CT molecular complexity index is 362. The van der Waals surface area contributed by atoms with E-state index in [0.717, 1.165) is 6.54 Å². The third-order valence-corrected chi connectivity index (χ3v) is 4.09. The Kier molecular flexibility index (Phi) is 6.22. The first-order valence-electron chi connectivity index (χ1n) is 7.95. The Labute approximate surface area is 118 Å². The summed E-state index contributed by atoms with van der Waals surface area (Å²) in [5.41, 5.74) is 8.55. The first-order chi connectivity index (χ1) is 9.42. The molecular formula is C17H28N2. The zero-order valence-corrected chi connectivity index (χ0v) is 12.1. The van der Waals surface area contributed by atoms with Crippen molar-refractivity contribution in [2.75, 3.05) is 24.5 Å². The normalized spacial score (nSPS) is 15.1. The zero-order chi connectivity index (χ0) is 13.3. The molecule has 1 aliphatic rings. The molecule has 0 spiro atoms. The summed E-state index contributed by atoms with van der Waals surface area (Å²) in [6.45, 7) is 3.30. The molecule has 0 amide bonds. The van der Waals surface area contributed by atoms with E-state index in [1.165, 1.54) is 70.1 Å². The van der Waals surface area contributed by atoms with Crippen LogP contribution in [-0.4, -0.2) is 19.6 Å². The third-order valence-electron chi connectivity index (χ3n) is 4.09. The van der Waals surface area contributed by atoms with Crippen LogP contribution in [0.25, 0.3) is 0 Å². The minimum absolute atomic E-state index is 0.847. The molecule has 1 aromatic carbocycles. The van der Waals surface area contributed by atoms with E-state index in [-0.39, 0.29) is 0 Å². The minimum Gasteiger partial charge on any atom is -0.371 e. The molecule has 2 N–H and O–H groups in total. The van der Waals surface area contributed by atoms with Crippen LogP contribution >= 0.6 is 0 Å². The van der Waals surface area contributed by atoms with E-state index < -0.39 is 0 Å². The van der Waals surface area contributed by atoms with Gasteiger partial charge in [0, 0.05) is 18.8 Å². The van der Waals surface area contributed by atoms with Gasteiger partial charge in [-0.3, -0.25) is 0 Å². The van der Waals surface area contributed by atoms with Crippen molar-refractivity contribution >= 4 is 5.69 Å². The Hall–Kier alpha value is -1.02. The molecule has 2 nitrogen and oxygen atoms in total. The second kappa shape index (κ2) is 8.21. The topological polar surface area (TPSA) is 29.3 Å². The molecule has 2 rings (SSSR count). The second-order valence-corrected chi connectivity index (χ2v) is 5.63. The molecule has 2 heteroatoms. The number of benzene rings is 1. The van der Waals surface area contributed by atoms with Crippen molar-refractivity contribution in [3.05, 3.63) is 29.8 Å². The molecule has 0 atom stereocenters. The molecule has 0 saturated heterocycles. The van der Waals surface area contributed by atoms with Gasteiger partial charge < -0.3 is 10.6 Å². The summed E-state index contributed by atoms with van der Waals surface area (Å²) in [6, 6.07) is 8.96. The summed E-state index contributed by atoms with van der Waals surface area (Å²) in [7, 11) is 0. The van der Waals surface area contributed by atoms with Crippen molar-refractivity contribution in [1.82, 2.24) is 0 Å². The van der Waals surface area contributed by atoms with Crippen LogP contribution in [0, 0.1) is 0 Å². The highest BCUT2D eigenvalue weighted by molar-refractivity contribution is 5.54. The number of para-hydroxylation sites is 1. The molecule has 19 heavy (non-hydrogen) atoms. The molecule has 0 unspecified atom stereocenters. The van der Waals surface area contributed by atoms with Gasteiger partial charge in [-0.2, -0.15) is 0 Å². The van der Waals surface area contributed by atoms with Gasteiger partial charge in [0.15, 0.2) is 0 Å². The van der Waals surface area contributed by atoms with E-state index in [1.54, 1.807) is 5.56 Å². The average molecular weight is 260 g/mol. The fraction of sp³-hybridized carbons (Fsp3) is 0.647. The number of nitrogens with zero attached hydrogens (tertiary/aromatic N) is 1. The standard InChI is InChI=1S/C17H28N2/c18-13-7-2-1-3-8-14-19-15-9-6-11-16-10-4-5-12-17(16)19/h4-5,10,12H,1-3,6-9,11,13-15,18H2. The predicted molar refractivity (Wildman–Crippen MR) is 83.7 cm³/mol. The van der Waals surface area contributed by atoms with E-state index in [4.69, 9.17) is 5.73 Å². The maximum atomic E-state index is 5.52. The largest absolute Gasteiger partial charge is 0.371 e. The quantitative estimate of drug-likeness (QED) is 0.757. The molecule has 0 aliphatic carbocycles. The highest BCUT2D eigenvalue weighted by Crippen LogP contribution is 2.26. The lowest BCUT2D eigenvalue weighted by Gasteiger charge is -2.25. The number of fused-ring (bicyclic) bond motifs is 1. The Balaban J connectivity index is 1.79. The summed E-state index contributed by atoms with van der Waals surface area (Å²) in [5, 5.41) is 0. The van der Waals surface area contributed by atoms with Crippen molar-refractivity contribution < 1.29 is 0 Å². The van der Waals surface area contributed by atoms with Crippen LogP contribution < -0.4 is 10.6 Å². The summed E-state index contributed by atoms with van der Waals surface area (Å²) in [5.74, 6) is 0. The van der Waals surface area contributed by atoms with E-state index in [9.17, 15) is 0 Å². The molecule has 1 heterocycles. The Morgan fingerprint density at radius 3 is 2.63 bits per heavy atom. The fourth-order valence-corrected chi connectivity index (χ4v) is 2.98. The first kappa shape index (κ1) is 14.4. The van der Waals surface area contributed by atoms with Crippen LogP contribution in [0.3, 0.4) is 0 Å². The van der Waals surface area contributed by atoms with Crippen molar-refractivity contribution in [2.24, 2.45) is 5.73 Å². The summed E-state index contributed by atoms with van der Waals surface area (Å²) in [6.07, 6.45) is 10.4. The highest BCUT2D eigenvalue weighted by atomic mass is 15.1. The van der Waals surface area contributed by atoms with Crippen molar-refractivity contribution in [3.8, 4) is 0 Å². The average Bonchev–Trinajstić information content (AvgIpc) is 2.65. The van der Waals surface area contributed by atoms with Crippen LogP contribution in [0.1, 0.15) is 50.5 Å². The maximum Gasteiger partial charge on any atom is 0.0398 e. The number of nitrogens with two attached hydrogens (primary N) is 1. The second-order valence-electron chi connectivity index (χ2n) is 5.63. The zero-order valence-electron chi connectivity index (χ0n) is 12.1. The van der Waals surface area contributed by atoms with Gasteiger partial charge in [0.05, 0.1) is 0 Å². The van der Waals surface area contributed by atoms with Gasteiger partial charge >= 0.3 is 0 Å². The molecule has 0 bridgehead atoms. The van der Waals surface area contributed by atoms with Gasteiger partial charge in [0.2, 0.25) is 0 Å². The van der Waals surface area contributed by atoms with Gasteiger partial charge in [0.25, 0.3) is 0 Å². The van der Waals surface area contributed by atoms with E-state index in [1.807, 2.05) is 0 Å². The molecule has 106 valence electrons. The lowest BCUT2D eigenvalue weighted by Crippen LogP contribution is -2.25. The van der Waals surface area contributed by atoms with Crippen LogP contribution in [0.4, 0.5) is 5.69 Å². The summed E-state index contributed by atoms with van der Waals surface area (Å²) in [4.78, 5) is 2.60. The van der Waals surface area contributed by atoms with Crippen LogP contribution in [-0.2, 0) is 6.42 Å². The summed E-state index contributed by atoms with van der Waals surface area (Å²) >= 11 is 0. The van der Waals surface area contributed by atoms with E-state index in [0.29, 0.717) is 0 Å². The molecule has 0 radical (unpaired) electrons. The highest BCUT2D eigenvalue weighted by Gasteiger charge is 2.13. The fourth-order valence-electron chi connectivity index (χ4n) is 2.98. The number of anilines is 1. The molecule has 0 fully saturated rings. The molecule has 1 aromatic rings. The number of rotatable bonds is 7. The molecule has 1 aliphatic heterocycles. The van der Waals surface area contributed by atoms with Crippen LogP contribution in [0.2, 0.25) is 0 Å². The number of aryl methyl sites for hydroxylation is 1. The van der Waals surface area contributed by atoms with Crippen LogP contribution in [0.5, 0.6) is 0 Å². The van der Waals surface area contributed by atoms with Gasteiger partial charge in [-0.1, -0.05) is 37.5 Å². The first-order valence-corrected chi connectivity index (χ1v) is 7.95. The monoisotopic (exact) mass is 260 g/mol. The van der Waals surface area contributed by atoms with Gasteiger partial charge in [-0.25, -0.2) is 0 Å². The van der Waals surface area contributed by atoms with Gasteiger partial charge in [0.1, 0.15) is 0 Å². The van der Waals surface area contributed by atoms with E-state index in [2.05, 4.69) is 29.2 Å². The van der Waals surface area contributed by atoms with Gasteiger partial charge in [-0.15, -0.1) is 0 Å². The van der Waals surface area contributed by atoms with Crippen molar-refractivity contribution in [3.63, 3.8) is 0 Å². The predicted octanol–water partition coefficient (Wildman–Crippen LogP) is 3.74. The van der Waals surface area contributed by atoms with Crippen molar-refractivity contribution in [1.29, 1.82) is 0 Å². The Morgan fingerprint density at radius 2 is 1.74 bits per heavy atom. The summed E-state index contributed by atoms with van der Waals surface area (Å²) < 4.78 is 0. The smallest absolute Gasteiger partial charge is 0.0398 e. The maximum absolute atomic E-state index is 5.52. The third kappa shape index (κ3) is 4.54. The Morgan fingerprint density at radius 1 is 0.947 bits per heavy atom. The SMILES string of the molecule is NCCCCCCCN1CCCCc2ccccc21. The number of hydrogen-bond acceptors (Lipinski definition) is 2. The number of hydrogen-bond donors (Lipinski definition) is 1. The van der Waals surface area contributed by atoms with E-state index >= 15 is 0 Å². The minimum atomic E-state index is 0.847. The molecular weight excluding hydrogens is 232 g/mol. The lowest BCUT2D eigenvalue weighted by atomic mass is 10.1. The van der Waals surface area contributed by atoms with Crippen molar-refractivity contribution in [2.45, 2.75) is 51.4 Å². The van der Waals surface area contributed by atoms with Gasteiger partial charge in [-0.05, 0) is 50.3 Å². The molecule has 0 saturated carbocycles. The van der Waals surface area contributed by atoms with Crippen LogP contribution in [0.15, 0.2) is 24.3 Å². The number of unbranched alkanes of at least 4 members (excludes halogenated alkanes) is 4. The molecule has 0 aromatic heterocycles.